The Labute approximate surface area is 107 Å². The van der Waals surface area contributed by atoms with Crippen LogP contribution in [-0.2, 0) is 16.6 Å². The molecular weight excluding hydrogens is 228 g/mol. The van der Waals surface area contributed by atoms with Gasteiger partial charge in [0.15, 0.2) is 0 Å². The van der Waals surface area contributed by atoms with Crippen molar-refractivity contribution in [1.29, 1.82) is 0 Å². The fraction of sp³-hybridized carbons (Fsp3) is 0.533. The fourth-order valence-corrected chi connectivity index (χ4v) is 2.86. The summed E-state index contributed by atoms with van der Waals surface area (Å²) in [7, 11) is 0. The van der Waals surface area contributed by atoms with E-state index in [1.807, 2.05) is 12.1 Å². The van der Waals surface area contributed by atoms with E-state index in [2.05, 4.69) is 13.0 Å². The number of aliphatic carboxylic acids is 1. The number of ether oxygens (including phenoxy) is 1. The zero-order valence-electron chi connectivity index (χ0n) is 10.6. The largest absolute Gasteiger partial charge is 0.490 e. The predicted octanol–water partition coefficient (Wildman–Crippen LogP) is 2.91. The molecule has 0 saturated heterocycles. The highest BCUT2D eigenvalue weighted by atomic mass is 16.5. The van der Waals surface area contributed by atoms with Crippen LogP contribution >= 0.6 is 0 Å². The van der Waals surface area contributed by atoms with Crippen LogP contribution in [0.4, 0.5) is 0 Å². The third kappa shape index (κ3) is 1.98. The van der Waals surface area contributed by atoms with Gasteiger partial charge in [0.2, 0.25) is 0 Å². The zero-order chi connectivity index (χ0) is 12.8. The van der Waals surface area contributed by atoms with Gasteiger partial charge >= 0.3 is 5.97 Å². The van der Waals surface area contributed by atoms with Gasteiger partial charge in [-0.2, -0.15) is 0 Å². The van der Waals surface area contributed by atoms with E-state index in [9.17, 15) is 4.79 Å². The topological polar surface area (TPSA) is 46.5 Å². The van der Waals surface area contributed by atoms with Crippen molar-refractivity contribution in [3.63, 3.8) is 0 Å². The Bertz CT molecular complexity index is 489. The number of rotatable bonds is 3. The number of aryl methyl sites for hydroxylation is 1. The minimum atomic E-state index is -0.699. The van der Waals surface area contributed by atoms with Crippen LogP contribution in [-0.4, -0.2) is 17.2 Å². The maximum atomic E-state index is 10.9. The van der Waals surface area contributed by atoms with Crippen molar-refractivity contribution in [2.24, 2.45) is 0 Å². The summed E-state index contributed by atoms with van der Waals surface area (Å²) < 4.78 is 5.78. The lowest BCUT2D eigenvalue weighted by Gasteiger charge is -2.25. The molecule has 1 atom stereocenters. The van der Waals surface area contributed by atoms with Gasteiger partial charge in [-0.15, -0.1) is 0 Å². The molecule has 1 aromatic carbocycles. The number of carboxylic acid groups (broad SMARTS) is 1. The molecule has 0 aromatic heterocycles. The van der Waals surface area contributed by atoms with Crippen LogP contribution in [0, 0.1) is 0 Å². The van der Waals surface area contributed by atoms with Crippen LogP contribution in [0.3, 0.4) is 0 Å². The third-order valence-electron chi connectivity index (χ3n) is 4.16. The Morgan fingerprint density at radius 3 is 2.94 bits per heavy atom. The minimum Gasteiger partial charge on any atom is -0.490 e. The second kappa shape index (κ2) is 4.01. The van der Waals surface area contributed by atoms with E-state index < -0.39 is 5.97 Å². The van der Waals surface area contributed by atoms with Crippen molar-refractivity contribution < 1.29 is 14.6 Å². The summed E-state index contributed by atoms with van der Waals surface area (Å²) in [5.41, 5.74) is 2.33. The van der Waals surface area contributed by atoms with Gasteiger partial charge in [-0.3, -0.25) is 4.79 Å². The lowest BCUT2D eigenvalue weighted by Crippen LogP contribution is -2.20. The summed E-state index contributed by atoms with van der Waals surface area (Å²) in [4.78, 5) is 10.9. The quantitative estimate of drug-likeness (QED) is 0.892. The second-order valence-electron chi connectivity index (χ2n) is 5.64. The summed E-state index contributed by atoms with van der Waals surface area (Å²) in [5, 5.41) is 9.00. The molecule has 1 fully saturated rings. The Morgan fingerprint density at radius 1 is 1.50 bits per heavy atom. The lowest BCUT2D eigenvalue weighted by molar-refractivity contribution is -0.137. The minimum absolute atomic E-state index is 0.0933. The Kier molecular flexibility index (Phi) is 2.58. The SMILES string of the molecule is CC1CCc2cc(C3(CC(=O)O)CC3)ccc2O1. The standard InChI is InChI=1S/C15H18O3/c1-10-2-3-11-8-12(4-5-13(11)18-10)15(6-7-15)9-14(16)17/h4-5,8,10H,2-3,6-7,9H2,1H3,(H,16,17). The molecule has 18 heavy (non-hydrogen) atoms. The Morgan fingerprint density at radius 2 is 2.28 bits per heavy atom. The van der Waals surface area contributed by atoms with Crippen LogP contribution in [0.15, 0.2) is 18.2 Å². The molecule has 1 unspecified atom stereocenters. The zero-order valence-corrected chi connectivity index (χ0v) is 10.6. The highest BCUT2D eigenvalue weighted by molar-refractivity contribution is 5.70. The molecule has 2 aliphatic rings. The van der Waals surface area contributed by atoms with Gasteiger partial charge in [0.1, 0.15) is 5.75 Å². The van der Waals surface area contributed by atoms with E-state index in [-0.39, 0.29) is 17.9 Å². The Hall–Kier alpha value is -1.51. The molecular formula is C15H18O3. The maximum Gasteiger partial charge on any atom is 0.304 e. The van der Waals surface area contributed by atoms with E-state index >= 15 is 0 Å². The van der Waals surface area contributed by atoms with Crippen molar-refractivity contribution in [2.45, 2.75) is 50.5 Å². The number of hydrogen-bond acceptors (Lipinski definition) is 2. The average molecular weight is 246 g/mol. The first-order valence-electron chi connectivity index (χ1n) is 6.61. The normalized spacial score (nSPS) is 23.9. The first kappa shape index (κ1) is 11.6. The van der Waals surface area contributed by atoms with Gasteiger partial charge in [0.05, 0.1) is 12.5 Å². The summed E-state index contributed by atoms with van der Waals surface area (Å²) in [6.07, 6.45) is 4.61. The van der Waals surface area contributed by atoms with E-state index in [1.54, 1.807) is 0 Å². The summed E-state index contributed by atoms with van der Waals surface area (Å²) in [6, 6.07) is 6.23. The molecule has 0 bridgehead atoms. The first-order chi connectivity index (χ1) is 8.59. The van der Waals surface area contributed by atoms with Gasteiger partial charge in [-0.25, -0.2) is 0 Å². The molecule has 0 radical (unpaired) electrons. The lowest BCUT2D eigenvalue weighted by atomic mass is 9.89. The van der Waals surface area contributed by atoms with Crippen molar-refractivity contribution in [1.82, 2.24) is 0 Å². The monoisotopic (exact) mass is 246 g/mol. The molecule has 1 N–H and O–H groups in total. The molecule has 96 valence electrons. The van der Waals surface area contributed by atoms with E-state index in [0.29, 0.717) is 0 Å². The fourth-order valence-electron chi connectivity index (χ4n) is 2.86. The van der Waals surface area contributed by atoms with Crippen molar-refractivity contribution in [3.05, 3.63) is 29.3 Å². The highest BCUT2D eigenvalue weighted by Crippen LogP contribution is 2.51. The number of carbonyl (C=O) groups is 1. The number of hydrogen-bond donors (Lipinski definition) is 1. The molecule has 1 aliphatic carbocycles. The van der Waals surface area contributed by atoms with Gasteiger partial charge in [0.25, 0.3) is 0 Å². The van der Waals surface area contributed by atoms with Gasteiger partial charge < -0.3 is 9.84 Å². The van der Waals surface area contributed by atoms with Crippen LogP contribution in [0.25, 0.3) is 0 Å². The van der Waals surface area contributed by atoms with E-state index in [0.717, 1.165) is 31.4 Å². The average Bonchev–Trinajstić information content (AvgIpc) is 3.08. The van der Waals surface area contributed by atoms with Crippen molar-refractivity contribution in [2.75, 3.05) is 0 Å². The molecule has 3 heteroatoms. The maximum absolute atomic E-state index is 10.9. The predicted molar refractivity (Wildman–Crippen MR) is 68.0 cm³/mol. The van der Waals surface area contributed by atoms with E-state index in [4.69, 9.17) is 9.84 Å². The van der Waals surface area contributed by atoms with Gasteiger partial charge in [-0.1, -0.05) is 12.1 Å². The molecule has 1 aliphatic heterocycles. The molecule has 0 amide bonds. The molecule has 1 aromatic rings. The van der Waals surface area contributed by atoms with Crippen LogP contribution in [0.1, 0.15) is 43.7 Å². The second-order valence-corrected chi connectivity index (χ2v) is 5.64. The van der Waals surface area contributed by atoms with E-state index in [1.165, 1.54) is 11.1 Å². The molecule has 3 rings (SSSR count). The van der Waals surface area contributed by atoms with Crippen molar-refractivity contribution >= 4 is 5.97 Å². The molecule has 3 nitrogen and oxygen atoms in total. The van der Waals surface area contributed by atoms with Gasteiger partial charge in [0, 0.05) is 5.41 Å². The third-order valence-corrected chi connectivity index (χ3v) is 4.16. The van der Waals surface area contributed by atoms with Crippen LogP contribution in [0.5, 0.6) is 5.75 Å². The van der Waals surface area contributed by atoms with Crippen LogP contribution < -0.4 is 4.74 Å². The number of carboxylic acids is 1. The molecule has 1 heterocycles. The number of fused-ring (bicyclic) bond motifs is 1. The summed E-state index contributed by atoms with van der Waals surface area (Å²) >= 11 is 0. The van der Waals surface area contributed by atoms with Gasteiger partial charge in [-0.05, 0) is 49.8 Å². The first-order valence-corrected chi connectivity index (χ1v) is 6.61. The Balaban J connectivity index is 1.89. The van der Waals surface area contributed by atoms with Crippen molar-refractivity contribution in [3.8, 4) is 5.75 Å². The molecule has 1 saturated carbocycles. The smallest absolute Gasteiger partial charge is 0.304 e. The highest BCUT2D eigenvalue weighted by Gasteiger charge is 2.46. The molecule has 0 spiro atoms. The van der Waals surface area contributed by atoms with Crippen LogP contribution in [0.2, 0.25) is 0 Å². The summed E-state index contributed by atoms with van der Waals surface area (Å²) in [5.74, 6) is 0.277. The summed E-state index contributed by atoms with van der Waals surface area (Å²) in [6.45, 7) is 2.09. The number of benzene rings is 1.